The van der Waals surface area contributed by atoms with Crippen molar-refractivity contribution in [2.75, 3.05) is 7.11 Å². The molecule has 0 aliphatic heterocycles. The molecule has 0 unspecified atom stereocenters. The molecule has 4 aromatic rings. The first-order valence-electron chi connectivity index (χ1n) is 8.73. The number of aromatic nitrogens is 5. The molecule has 0 saturated carbocycles. The SMILES string of the molecule is COc1ccccc1-c1noc(CSc2nnc(C)n2-c2ccc(C)cc2)n1. The maximum atomic E-state index is 5.41. The lowest BCUT2D eigenvalue weighted by Gasteiger charge is -2.07. The average Bonchev–Trinajstić information content (AvgIpc) is 3.34. The van der Waals surface area contributed by atoms with Crippen LogP contribution >= 0.6 is 11.8 Å². The molecule has 0 aliphatic carbocycles. The molecular formula is C20H19N5O2S. The summed E-state index contributed by atoms with van der Waals surface area (Å²) in [6.07, 6.45) is 0. The molecule has 4 rings (SSSR count). The molecule has 0 amide bonds. The van der Waals surface area contributed by atoms with Gasteiger partial charge in [-0.1, -0.05) is 46.7 Å². The molecule has 2 aromatic heterocycles. The second-order valence-corrected chi connectivity index (χ2v) is 7.14. The Morgan fingerprint density at radius 3 is 2.61 bits per heavy atom. The van der Waals surface area contributed by atoms with Gasteiger partial charge in [0.25, 0.3) is 0 Å². The van der Waals surface area contributed by atoms with Crippen LogP contribution in [0.4, 0.5) is 0 Å². The van der Waals surface area contributed by atoms with E-state index in [1.807, 2.05) is 35.8 Å². The summed E-state index contributed by atoms with van der Waals surface area (Å²) in [6, 6.07) is 15.8. The Hall–Kier alpha value is -3.13. The lowest BCUT2D eigenvalue weighted by Crippen LogP contribution is -1.99. The van der Waals surface area contributed by atoms with Gasteiger partial charge in [0.2, 0.25) is 11.7 Å². The molecule has 0 aliphatic rings. The molecule has 0 fully saturated rings. The highest BCUT2D eigenvalue weighted by Crippen LogP contribution is 2.29. The molecule has 0 N–H and O–H groups in total. The first kappa shape index (κ1) is 18.2. The fraction of sp³-hybridized carbons (Fsp3) is 0.200. The number of benzene rings is 2. The minimum absolute atomic E-state index is 0.492. The molecule has 0 bridgehead atoms. The van der Waals surface area contributed by atoms with Gasteiger partial charge in [0.1, 0.15) is 11.6 Å². The number of thioether (sulfide) groups is 1. The smallest absolute Gasteiger partial charge is 0.237 e. The molecule has 2 aromatic carbocycles. The molecule has 0 spiro atoms. The minimum Gasteiger partial charge on any atom is -0.496 e. The monoisotopic (exact) mass is 393 g/mol. The number of ether oxygens (including phenoxy) is 1. The predicted molar refractivity (Wildman–Crippen MR) is 107 cm³/mol. The summed E-state index contributed by atoms with van der Waals surface area (Å²) in [5, 5.41) is 13.4. The van der Waals surface area contributed by atoms with E-state index in [0.717, 1.165) is 22.2 Å². The summed E-state index contributed by atoms with van der Waals surface area (Å²) in [7, 11) is 1.62. The van der Waals surface area contributed by atoms with Crippen molar-refractivity contribution >= 4 is 11.8 Å². The molecule has 8 heteroatoms. The van der Waals surface area contributed by atoms with Crippen molar-refractivity contribution in [1.29, 1.82) is 0 Å². The molecule has 0 saturated heterocycles. The van der Waals surface area contributed by atoms with Crippen LogP contribution in [0.3, 0.4) is 0 Å². The van der Waals surface area contributed by atoms with Crippen molar-refractivity contribution in [2.45, 2.75) is 24.8 Å². The second-order valence-electron chi connectivity index (χ2n) is 6.20. The summed E-state index contributed by atoms with van der Waals surface area (Å²) in [4.78, 5) is 4.49. The zero-order valence-corrected chi connectivity index (χ0v) is 16.6. The number of para-hydroxylation sites is 1. The van der Waals surface area contributed by atoms with Gasteiger partial charge in [0, 0.05) is 5.69 Å². The van der Waals surface area contributed by atoms with Gasteiger partial charge in [-0.15, -0.1) is 10.2 Å². The maximum Gasteiger partial charge on any atom is 0.237 e. The number of aryl methyl sites for hydroxylation is 2. The first-order chi connectivity index (χ1) is 13.7. The van der Waals surface area contributed by atoms with Crippen LogP contribution in [-0.4, -0.2) is 32.0 Å². The van der Waals surface area contributed by atoms with Crippen LogP contribution < -0.4 is 4.74 Å². The highest BCUT2D eigenvalue weighted by Gasteiger charge is 2.16. The van der Waals surface area contributed by atoms with Gasteiger partial charge in [0.05, 0.1) is 18.4 Å². The zero-order chi connectivity index (χ0) is 19.5. The second kappa shape index (κ2) is 7.85. The Morgan fingerprint density at radius 2 is 1.82 bits per heavy atom. The van der Waals surface area contributed by atoms with Gasteiger partial charge >= 0.3 is 0 Å². The lowest BCUT2D eigenvalue weighted by molar-refractivity contribution is 0.390. The van der Waals surface area contributed by atoms with Crippen LogP contribution in [0.15, 0.2) is 58.2 Å². The largest absolute Gasteiger partial charge is 0.496 e. The molecular weight excluding hydrogens is 374 g/mol. The Morgan fingerprint density at radius 1 is 1.04 bits per heavy atom. The van der Waals surface area contributed by atoms with Crippen LogP contribution in [0.25, 0.3) is 17.1 Å². The minimum atomic E-state index is 0.492. The van der Waals surface area contributed by atoms with Crippen molar-refractivity contribution in [2.24, 2.45) is 0 Å². The van der Waals surface area contributed by atoms with Crippen LogP contribution in [0.5, 0.6) is 5.75 Å². The average molecular weight is 393 g/mol. The number of nitrogens with zero attached hydrogens (tertiary/aromatic N) is 5. The van der Waals surface area contributed by atoms with Crippen molar-refractivity contribution in [1.82, 2.24) is 24.9 Å². The normalized spacial score (nSPS) is 11.0. The third-order valence-electron chi connectivity index (χ3n) is 4.23. The van der Waals surface area contributed by atoms with E-state index in [0.29, 0.717) is 23.2 Å². The molecule has 0 atom stereocenters. The van der Waals surface area contributed by atoms with E-state index in [1.54, 1.807) is 7.11 Å². The summed E-state index contributed by atoms with van der Waals surface area (Å²) in [6.45, 7) is 4.00. The summed E-state index contributed by atoms with van der Waals surface area (Å²) in [5.74, 6) is 3.04. The fourth-order valence-corrected chi connectivity index (χ4v) is 3.64. The van der Waals surface area contributed by atoms with E-state index in [1.165, 1.54) is 17.3 Å². The Kier molecular flexibility index (Phi) is 5.12. The summed E-state index contributed by atoms with van der Waals surface area (Å²) >= 11 is 1.50. The van der Waals surface area contributed by atoms with Crippen molar-refractivity contribution < 1.29 is 9.26 Å². The third-order valence-corrected chi connectivity index (χ3v) is 5.14. The van der Waals surface area contributed by atoms with Crippen molar-refractivity contribution in [3.63, 3.8) is 0 Å². The number of hydrogen-bond acceptors (Lipinski definition) is 7. The zero-order valence-electron chi connectivity index (χ0n) is 15.8. The van der Waals surface area contributed by atoms with Crippen LogP contribution in [0, 0.1) is 13.8 Å². The lowest BCUT2D eigenvalue weighted by atomic mass is 10.2. The molecule has 2 heterocycles. The van der Waals surface area contributed by atoms with Gasteiger partial charge in [0.15, 0.2) is 5.16 Å². The third kappa shape index (κ3) is 3.63. The van der Waals surface area contributed by atoms with Gasteiger partial charge in [-0.2, -0.15) is 4.98 Å². The summed E-state index contributed by atoms with van der Waals surface area (Å²) in [5.41, 5.74) is 3.03. The molecule has 0 radical (unpaired) electrons. The predicted octanol–water partition coefficient (Wildman–Crippen LogP) is 4.24. The van der Waals surface area contributed by atoms with E-state index < -0.39 is 0 Å². The standard InChI is InChI=1S/C20H19N5O2S/c1-13-8-10-15(11-9-13)25-14(2)22-23-20(25)28-12-18-21-19(24-27-18)16-6-4-5-7-17(16)26-3/h4-11H,12H2,1-3H3. The van der Waals surface area contributed by atoms with E-state index in [2.05, 4.69) is 51.5 Å². The summed E-state index contributed by atoms with van der Waals surface area (Å²) < 4.78 is 12.8. The van der Waals surface area contributed by atoms with Gasteiger partial charge in [-0.3, -0.25) is 4.57 Å². The topological polar surface area (TPSA) is 78.9 Å². The quantitative estimate of drug-likeness (QED) is 0.453. The van der Waals surface area contributed by atoms with Crippen LogP contribution in [0.2, 0.25) is 0 Å². The number of methoxy groups -OCH3 is 1. The maximum absolute atomic E-state index is 5.41. The van der Waals surface area contributed by atoms with Crippen molar-refractivity contribution in [3.8, 4) is 22.8 Å². The molecule has 142 valence electrons. The molecule has 28 heavy (non-hydrogen) atoms. The van der Waals surface area contributed by atoms with Gasteiger partial charge in [-0.25, -0.2) is 0 Å². The van der Waals surface area contributed by atoms with E-state index in [4.69, 9.17) is 9.26 Å². The van der Waals surface area contributed by atoms with E-state index in [9.17, 15) is 0 Å². The Balaban J connectivity index is 1.54. The number of rotatable bonds is 6. The highest BCUT2D eigenvalue weighted by atomic mass is 32.2. The van der Waals surface area contributed by atoms with Gasteiger partial charge in [-0.05, 0) is 38.1 Å². The Bertz CT molecular complexity index is 1090. The van der Waals surface area contributed by atoms with Crippen molar-refractivity contribution in [3.05, 3.63) is 65.8 Å². The van der Waals surface area contributed by atoms with Crippen LogP contribution in [0.1, 0.15) is 17.3 Å². The van der Waals surface area contributed by atoms with Crippen LogP contribution in [-0.2, 0) is 5.75 Å². The van der Waals surface area contributed by atoms with E-state index in [-0.39, 0.29) is 0 Å². The Labute approximate surface area is 166 Å². The van der Waals surface area contributed by atoms with E-state index >= 15 is 0 Å². The van der Waals surface area contributed by atoms with Gasteiger partial charge < -0.3 is 9.26 Å². The highest BCUT2D eigenvalue weighted by molar-refractivity contribution is 7.98. The number of hydrogen-bond donors (Lipinski definition) is 0. The first-order valence-corrected chi connectivity index (χ1v) is 9.72. The fourth-order valence-electron chi connectivity index (χ4n) is 2.81. The molecule has 7 nitrogen and oxygen atoms in total.